The molecule has 2 N–H and O–H groups in total. The number of benzene rings is 1. The Morgan fingerprint density at radius 1 is 1.29 bits per heavy atom. The molecular weight excluding hydrogens is 310 g/mol. The molecule has 0 aliphatic rings. The summed E-state index contributed by atoms with van der Waals surface area (Å²) >= 11 is 1.57. The lowest BCUT2D eigenvalue weighted by Gasteiger charge is -2.04. The topological polar surface area (TPSA) is 84.2 Å². The van der Waals surface area contributed by atoms with E-state index >= 15 is 0 Å². The number of aromatic nitrogens is 1. The van der Waals surface area contributed by atoms with Gasteiger partial charge in [-0.05, 0) is 37.4 Å². The molecule has 8 heteroatoms. The van der Waals surface area contributed by atoms with Crippen molar-refractivity contribution in [2.75, 3.05) is 12.4 Å². The van der Waals surface area contributed by atoms with E-state index in [2.05, 4.69) is 15.0 Å². The van der Waals surface area contributed by atoms with Crippen LogP contribution in [-0.4, -0.2) is 20.4 Å². The molecule has 0 amide bonds. The Labute approximate surface area is 125 Å². The van der Waals surface area contributed by atoms with Gasteiger partial charge in [0.2, 0.25) is 5.09 Å². The number of thiazole rings is 1. The summed E-state index contributed by atoms with van der Waals surface area (Å²) < 4.78 is 31.8. The smallest absolute Gasteiger partial charge is 0.273 e. The molecule has 0 saturated carbocycles. The molecule has 0 aliphatic carbocycles. The monoisotopic (exact) mass is 323 g/mol. The Hall–Kier alpha value is -1.90. The lowest BCUT2D eigenvalue weighted by molar-refractivity contribution is 0.417. The van der Waals surface area contributed by atoms with Gasteiger partial charge in [0.05, 0.1) is 22.3 Å². The van der Waals surface area contributed by atoms with E-state index in [0.717, 1.165) is 15.9 Å². The first kappa shape index (κ1) is 14.1. The normalized spacial score (nSPS) is 11.9. The quantitative estimate of drug-likeness (QED) is 0.753. The van der Waals surface area contributed by atoms with Gasteiger partial charge < -0.3 is 9.73 Å². The average Bonchev–Trinajstić information content (AvgIpc) is 3.13. The van der Waals surface area contributed by atoms with Gasteiger partial charge in [-0.25, -0.2) is 18.1 Å². The number of rotatable bonds is 5. The summed E-state index contributed by atoms with van der Waals surface area (Å²) in [6, 6.07) is 8.95. The van der Waals surface area contributed by atoms with Gasteiger partial charge in [-0.2, -0.15) is 0 Å². The highest BCUT2D eigenvalue weighted by Crippen LogP contribution is 2.22. The van der Waals surface area contributed by atoms with E-state index in [1.807, 2.05) is 18.2 Å². The van der Waals surface area contributed by atoms with Crippen molar-refractivity contribution in [1.82, 2.24) is 9.71 Å². The molecule has 0 saturated heterocycles. The summed E-state index contributed by atoms with van der Waals surface area (Å²) in [5.41, 5.74) is 3.70. The Morgan fingerprint density at radius 2 is 2.14 bits per heavy atom. The maximum Gasteiger partial charge on any atom is 0.273 e. The maximum atomic E-state index is 11.6. The van der Waals surface area contributed by atoms with Gasteiger partial charge in [0.1, 0.15) is 5.76 Å². The van der Waals surface area contributed by atoms with E-state index in [4.69, 9.17) is 4.42 Å². The van der Waals surface area contributed by atoms with Crippen LogP contribution in [0, 0.1) is 0 Å². The SMILES string of the molecule is CNS(=O)(=O)c1ccc(CNc2ccc3ncsc3c2)o1. The van der Waals surface area contributed by atoms with Gasteiger partial charge in [-0.1, -0.05) is 0 Å². The summed E-state index contributed by atoms with van der Waals surface area (Å²) in [4.78, 5) is 4.22. The average molecular weight is 323 g/mol. The molecule has 1 aromatic carbocycles. The minimum Gasteiger partial charge on any atom is -0.446 e. The third-order valence-corrected chi connectivity index (χ3v) is 5.05. The van der Waals surface area contributed by atoms with Crippen LogP contribution >= 0.6 is 11.3 Å². The lowest BCUT2D eigenvalue weighted by atomic mass is 10.3. The first-order valence-electron chi connectivity index (χ1n) is 6.18. The molecule has 0 atom stereocenters. The molecule has 0 aliphatic heterocycles. The Balaban J connectivity index is 1.72. The van der Waals surface area contributed by atoms with E-state index in [1.165, 1.54) is 13.1 Å². The zero-order chi connectivity index (χ0) is 14.9. The van der Waals surface area contributed by atoms with Crippen LogP contribution in [0.5, 0.6) is 0 Å². The molecule has 0 bridgehead atoms. The zero-order valence-corrected chi connectivity index (χ0v) is 12.8. The third kappa shape index (κ3) is 2.92. The zero-order valence-electron chi connectivity index (χ0n) is 11.2. The molecule has 21 heavy (non-hydrogen) atoms. The van der Waals surface area contributed by atoms with Crippen molar-refractivity contribution in [3.05, 3.63) is 41.6 Å². The molecule has 3 aromatic rings. The Morgan fingerprint density at radius 3 is 2.95 bits per heavy atom. The number of furan rings is 1. The standard InChI is InChI=1S/C13H13N3O3S2/c1-14-21(17,18)13-5-3-10(19-13)7-15-9-2-4-11-12(6-9)20-8-16-11/h2-6,8,14-15H,7H2,1H3. The fourth-order valence-electron chi connectivity index (χ4n) is 1.85. The van der Waals surface area contributed by atoms with Crippen LogP contribution in [0.4, 0.5) is 5.69 Å². The summed E-state index contributed by atoms with van der Waals surface area (Å²) in [6.07, 6.45) is 0. The van der Waals surface area contributed by atoms with E-state index in [-0.39, 0.29) is 5.09 Å². The molecule has 6 nitrogen and oxygen atoms in total. The third-order valence-electron chi connectivity index (χ3n) is 2.97. The fraction of sp³-hybridized carbons (Fsp3) is 0.154. The van der Waals surface area contributed by atoms with Crippen molar-refractivity contribution in [3.8, 4) is 0 Å². The summed E-state index contributed by atoms with van der Waals surface area (Å²) in [5, 5.41) is 3.11. The molecule has 0 spiro atoms. The number of nitrogens with zero attached hydrogens (tertiary/aromatic N) is 1. The highest BCUT2D eigenvalue weighted by Gasteiger charge is 2.16. The van der Waals surface area contributed by atoms with Gasteiger partial charge in [-0.15, -0.1) is 11.3 Å². The van der Waals surface area contributed by atoms with E-state index in [0.29, 0.717) is 12.3 Å². The second kappa shape index (κ2) is 5.47. The maximum absolute atomic E-state index is 11.6. The molecule has 2 aromatic heterocycles. The number of fused-ring (bicyclic) bond motifs is 1. The molecular formula is C13H13N3O3S2. The van der Waals surface area contributed by atoms with Gasteiger partial charge in [0, 0.05) is 5.69 Å². The van der Waals surface area contributed by atoms with E-state index in [1.54, 1.807) is 22.9 Å². The minimum absolute atomic E-state index is 0.0836. The van der Waals surface area contributed by atoms with Crippen LogP contribution < -0.4 is 10.0 Å². The van der Waals surface area contributed by atoms with Gasteiger partial charge in [-0.3, -0.25) is 0 Å². The van der Waals surface area contributed by atoms with Gasteiger partial charge >= 0.3 is 0 Å². The van der Waals surface area contributed by atoms with Crippen molar-refractivity contribution in [1.29, 1.82) is 0 Å². The van der Waals surface area contributed by atoms with Crippen molar-refractivity contribution in [2.24, 2.45) is 0 Å². The number of nitrogens with one attached hydrogen (secondary N) is 2. The number of sulfonamides is 1. The first-order valence-corrected chi connectivity index (χ1v) is 8.54. The summed E-state index contributed by atoms with van der Waals surface area (Å²) in [5.74, 6) is 0.549. The molecule has 0 fully saturated rings. The van der Waals surface area contributed by atoms with Crippen LogP contribution in [0.3, 0.4) is 0 Å². The second-order valence-electron chi connectivity index (χ2n) is 4.32. The molecule has 110 valence electrons. The van der Waals surface area contributed by atoms with Crippen LogP contribution in [-0.2, 0) is 16.6 Å². The molecule has 0 unspecified atom stereocenters. The van der Waals surface area contributed by atoms with E-state index in [9.17, 15) is 8.42 Å². The molecule has 2 heterocycles. The van der Waals surface area contributed by atoms with Crippen molar-refractivity contribution in [3.63, 3.8) is 0 Å². The Kier molecular flexibility index (Phi) is 3.66. The predicted molar refractivity (Wildman–Crippen MR) is 81.9 cm³/mol. The number of hydrogen-bond donors (Lipinski definition) is 2. The van der Waals surface area contributed by atoms with E-state index < -0.39 is 10.0 Å². The van der Waals surface area contributed by atoms with Crippen molar-refractivity contribution >= 4 is 37.3 Å². The summed E-state index contributed by atoms with van der Waals surface area (Å²) in [6.45, 7) is 0.406. The predicted octanol–water partition coefficient (Wildman–Crippen LogP) is 2.41. The summed E-state index contributed by atoms with van der Waals surface area (Å²) in [7, 11) is -2.19. The molecule has 0 radical (unpaired) electrons. The van der Waals surface area contributed by atoms with Crippen LogP contribution in [0.15, 0.2) is 45.4 Å². The number of hydrogen-bond acceptors (Lipinski definition) is 6. The van der Waals surface area contributed by atoms with Gasteiger partial charge in [0.25, 0.3) is 10.0 Å². The highest BCUT2D eigenvalue weighted by molar-refractivity contribution is 7.89. The van der Waals surface area contributed by atoms with Crippen LogP contribution in [0.1, 0.15) is 5.76 Å². The van der Waals surface area contributed by atoms with Crippen molar-refractivity contribution < 1.29 is 12.8 Å². The van der Waals surface area contributed by atoms with Crippen LogP contribution in [0.2, 0.25) is 0 Å². The second-order valence-corrected chi connectivity index (χ2v) is 7.02. The first-order chi connectivity index (χ1) is 10.1. The van der Waals surface area contributed by atoms with Crippen molar-refractivity contribution in [2.45, 2.75) is 11.6 Å². The highest BCUT2D eigenvalue weighted by atomic mass is 32.2. The minimum atomic E-state index is -3.53. The largest absolute Gasteiger partial charge is 0.446 e. The van der Waals surface area contributed by atoms with Crippen LogP contribution in [0.25, 0.3) is 10.2 Å². The fourth-order valence-corrected chi connectivity index (χ4v) is 3.23. The van der Waals surface area contributed by atoms with Gasteiger partial charge in [0.15, 0.2) is 0 Å². The lowest BCUT2D eigenvalue weighted by Crippen LogP contribution is -2.17. The number of anilines is 1. The Bertz CT molecular complexity index is 868. The molecule has 3 rings (SSSR count).